The smallest absolute Gasteiger partial charge is 0.229 e. The van der Waals surface area contributed by atoms with Crippen LogP contribution in [0.4, 0.5) is 4.39 Å². The van der Waals surface area contributed by atoms with Crippen molar-refractivity contribution in [3.63, 3.8) is 0 Å². The quantitative estimate of drug-likeness (QED) is 0.575. The van der Waals surface area contributed by atoms with Crippen LogP contribution >= 0.6 is 0 Å². The first-order valence-corrected chi connectivity index (χ1v) is 4.15. The first-order valence-electron chi connectivity index (χ1n) is 4.15. The van der Waals surface area contributed by atoms with E-state index >= 15 is 0 Å². The molecular weight excluding hydrogens is 197 g/mol. The first kappa shape index (κ1) is 10.9. The minimum atomic E-state index is -0.547. The molecule has 0 aromatic heterocycles. The van der Waals surface area contributed by atoms with Crippen molar-refractivity contribution in [2.45, 2.75) is 6.42 Å². The molecular formula is C11H8FNO2. The van der Waals surface area contributed by atoms with Crippen molar-refractivity contribution in [3.8, 4) is 11.8 Å². The lowest BCUT2D eigenvalue weighted by Crippen LogP contribution is -2.08. The molecule has 0 aliphatic rings. The van der Waals surface area contributed by atoms with Gasteiger partial charge >= 0.3 is 0 Å². The van der Waals surface area contributed by atoms with Gasteiger partial charge < -0.3 is 5.73 Å². The fraction of sp³-hybridized carbons (Fsp3) is 0.0909. The molecule has 1 aromatic rings. The number of hydrogen-bond acceptors (Lipinski definition) is 2. The Balaban J connectivity index is 2.92. The van der Waals surface area contributed by atoms with Crippen molar-refractivity contribution in [2.75, 3.05) is 0 Å². The molecule has 15 heavy (non-hydrogen) atoms. The molecule has 4 heteroatoms. The average molecular weight is 205 g/mol. The summed E-state index contributed by atoms with van der Waals surface area (Å²) >= 11 is 0. The molecule has 1 amide bonds. The molecule has 0 spiro atoms. The van der Waals surface area contributed by atoms with Crippen LogP contribution in [0, 0.1) is 17.7 Å². The number of nitrogens with two attached hydrogens (primary N) is 1. The van der Waals surface area contributed by atoms with Crippen LogP contribution < -0.4 is 5.73 Å². The summed E-state index contributed by atoms with van der Waals surface area (Å²) < 4.78 is 12.9. The van der Waals surface area contributed by atoms with Gasteiger partial charge in [0, 0.05) is 11.1 Å². The van der Waals surface area contributed by atoms with Gasteiger partial charge in [-0.1, -0.05) is 11.8 Å². The van der Waals surface area contributed by atoms with Crippen molar-refractivity contribution in [3.05, 3.63) is 35.1 Å². The number of benzene rings is 1. The van der Waals surface area contributed by atoms with Crippen molar-refractivity contribution in [2.24, 2.45) is 5.73 Å². The Morgan fingerprint density at radius 3 is 2.80 bits per heavy atom. The number of primary amides is 1. The zero-order valence-corrected chi connectivity index (χ0v) is 7.79. The molecule has 0 aliphatic carbocycles. The third-order valence-corrected chi connectivity index (χ3v) is 1.55. The van der Waals surface area contributed by atoms with Gasteiger partial charge in [-0.2, -0.15) is 0 Å². The van der Waals surface area contributed by atoms with Gasteiger partial charge in [0.2, 0.25) is 5.91 Å². The van der Waals surface area contributed by atoms with E-state index in [1.807, 2.05) is 0 Å². The summed E-state index contributed by atoms with van der Waals surface area (Å²) in [7, 11) is 0. The van der Waals surface area contributed by atoms with Crippen molar-refractivity contribution >= 4 is 12.2 Å². The van der Waals surface area contributed by atoms with E-state index in [4.69, 9.17) is 5.73 Å². The Labute approximate surface area is 86.1 Å². The van der Waals surface area contributed by atoms with Crippen LogP contribution in [0.15, 0.2) is 18.2 Å². The summed E-state index contributed by atoms with van der Waals surface area (Å²) in [6, 6.07) is 3.72. The van der Waals surface area contributed by atoms with Crippen LogP contribution in [0.2, 0.25) is 0 Å². The molecule has 0 atom stereocenters. The maximum Gasteiger partial charge on any atom is 0.229 e. The fourth-order valence-corrected chi connectivity index (χ4v) is 0.986. The lowest BCUT2D eigenvalue weighted by atomic mass is 10.1. The van der Waals surface area contributed by atoms with Crippen molar-refractivity contribution in [1.82, 2.24) is 0 Å². The highest BCUT2D eigenvalue weighted by atomic mass is 19.1. The zero-order chi connectivity index (χ0) is 11.3. The number of carbonyl (C=O) groups excluding carboxylic acids is 2. The molecule has 0 saturated carbocycles. The Hall–Kier alpha value is -2.15. The predicted molar refractivity (Wildman–Crippen MR) is 52.5 cm³/mol. The first-order chi connectivity index (χ1) is 7.11. The molecule has 2 N–H and O–H groups in total. The molecule has 0 heterocycles. The maximum atomic E-state index is 12.9. The van der Waals surface area contributed by atoms with Crippen LogP contribution in [0.1, 0.15) is 22.3 Å². The second-order valence-electron chi connectivity index (χ2n) is 2.84. The molecule has 0 fully saturated rings. The van der Waals surface area contributed by atoms with Gasteiger partial charge in [0.15, 0.2) is 0 Å². The topological polar surface area (TPSA) is 60.2 Å². The van der Waals surface area contributed by atoms with Crippen LogP contribution in [0.5, 0.6) is 0 Å². The number of hydrogen-bond donors (Lipinski definition) is 1. The van der Waals surface area contributed by atoms with Gasteiger partial charge in [-0.05, 0) is 18.2 Å². The molecule has 0 unspecified atom stereocenters. The lowest BCUT2D eigenvalue weighted by molar-refractivity contribution is -0.117. The summed E-state index contributed by atoms with van der Waals surface area (Å²) in [5.74, 6) is 3.93. The minimum absolute atomic E-state index is 0.0903. The second-order valence-corrected chi connectivity index (χ2v) is 2.84. The number of carbonyl (C=O) groups is 2. The highest BCUT2D eigenvalue weighted by Gasteiger charge is 1.97. The summed E-state index contributed by atoms with van der Waals surface area (Å²) in [4.78, 5) is 20.8. The van der Waals surface area contributed by atoms with E-state index in [0.717, 1.165) is 6.07 Å². The normalized spacial score (nSPS) is 8.87. The van der Waals surface area contributed by atoms with E-state index < -0.39 is 11.7 Å². The summed E-state index contributed by atoms with van der Waals surface area (Å²) in [5.41, 5.74) is 5.42. The average Bonchev–Trinajstić information content (AvgIpc) is 2.16. The zero-order valence-electron chi connectivity index (χ0n) is 7.79. The van der Waals surface area contributed by atoms with Crippen LogP contribution in [-0.2, 0) is 4.79 Å². The van der Waals surface area contributed by atoms with Gasteiger partial charge in [-0.25, -0.2) is 4.39 Å². The summed E-state index contributed by atoms with van der Waals surface area (Å²) in [6.07, 6.45) is 0.440. The van der Waals surface area contributed by atoms with Crippen LogP contribution in [0.3, 0.4) is 0 Å². The molecule has 0 saturated heterocycles. The molecule has 1 rings (SSSR count). The third kappa shape index (κ3) is 3.61. The highest BCUT2D eigenvalue weighted by molar-refractivity contribution is 5.77. The lowest BCUT2D eigenvalue weighted by Gasteiger charge is -1.93. The Bertz CT molecular complexity index is 457. The van der Waals surface area contributed by atoms with E-state index in [1.54, 1.807) is 0 Å². The SMILES string of the molecule is NC(=O)CC#Cc1cc(F)cc(C=O)c1. The molecule has 1 aromatic carbocycles. The van der Waals surface area contributed by atoms with Crippen LogP contribution in [-0.4, -0.2) is 12.2 Å². The van der Waals surface area contributed by atoms with Crippen LogP contribution in [0.25, 0.3) is 0 Å². The van der Waals surface area contributed by atoms with Gasteiger partial charge in [0.1, 0.15) is 12.1 Å². The number of amides is 1. The van der Waals surface area contributed by atoms with Gasteiger partial charge in [-0.15, -0.1) is 0 Å². The number of rotatable bonds is 2. The number of halogens is 1. The van der Waals surface area contributed by atoms with Gasteiger partial charge in [0.25, 0.3) is 0 Å². The predicted octanol–water partition coefficient (Wildman–Crippen LogP) is 0.865. The van der Waals surface area contributed by atoms with Gasteiger partial charge in [0.05, 0.1) is 6.42 Å². The summed E-state index contributed by atoms with van der Waals surface area (Å²) in [5, 5.41) is 0. The standard InChI is InChI=1S/C11H8FNO2/c12-10-5-8(2-1-3-11(13)15)4-9(6-10)7-14/h4-7H,3H2,(H2,13,15). The van der Waals surface area contributed by atoms with Gasteiger partial charge in [-0.3, -0.25) is 9.59 Å². The minimum Gasteiger partial charge on any atom is -0.369 e. The van der Waals surface area contributed by atoms with E-state index in [0.29, 0.717) is 11.8 Å². The van der Waals surface area contributed by atoms with Crippen molar-refractivity contribution in [1.29, 1.82) is 0 Å². The maximum absolute atomic E-state index is 12.9. The monoisotopic (exact) mass is 205 g/mol. The Morgan fingerprint density at radius 1 is 1.47 bits per heavy atom. The van der Waals surface area contributed by atoms with E-state index in [1.165, 1.54) is 12.1 Å². The Kier molecular flexibility index (Phi) is 3.58. The second kappa shape index (κ2) is 4.91. The fourth-order valence-electron chi connectivity index (χ4n) is 0.986. The van der Waals surface area contributed by atoms with E-state index in [9.17, 15) is 14.0 Å². The molecule has 0 radical (unpaired) electrons. The van der Waals surface area contributed by atoms with E-state index in [2.05, 4.69) is 11.8 Å². The Morgan fingerprint density at radius 2 is 2.20 bits per heavy atom. The molecule has 76 valence electrons. The largest absolute Gasteiger partial charge is 0.369 e. The highest BCUT2D eigenvalue weighted by Crippen LogP contribution is 2.06. The summed E-state index contributed by atoms with van der Waals surface area (Å²) in [6.45, 7) is 0. The van der Waals surface area contributed by atoms with Crippen molar-refractivity contribution < 1.29 is 14.0 Å². The molecule has 3 nitrogen and oxygen atoms in total. The molecule has 0 aliphatic heterocycles. The molecule has 0 bridgehead atoms. The third-order valence-electron chi connectivity index (χ3n) is 1.55. The van der Waals surface area contributed by atoms with E-state index in [-0.39, 0.29) is 12.0 Å². The number of aldehydes is 1.